The van der Waals surface area contributed by atoms with Crippen molar-refractivity contribution in [1.29, 1.82) is 0 Å². The van der Waals surface area contributed by atoms with Gasteiger partial charge in [-0.1, -0.05) is 31.5 Å². The molecule has 1 heterocycles. The van der Waals surface area contributed by atoms with Crippen LogP contribution in [0.15, 0.2) is 18.2 Å². The molecular weight excluding hydrogens is 271 g/mol. The maximum Gasteiger partial charge on any atom is 0.127 e. The Bertz CT molecular complexity index is 449. The molecule has 0 aromatic heterocycles. The molecule has 1 aliphatic heterocycles. The van der Waals surface area contributed by atoms with E-state index in [1.54, 1.807) is 23.9 Å². The summed E-state index contributed by atoms with van der Waals surface area (Å²) in [5.41, 5.74) is -0.179. The highest BCUT2D eigenvalue weighted by atomic mass is 35.5. The molecule has 1 aliphatic rings. The lowest BCUT2D eigenvalue weighted by atomic mass is 9.79. The fourth-order valence-corrected chi connectivity index (χ4v) is 4.14. The van der Waals surface area contributed by atoms with Crippen LogP contribution in [-0.2, 0) is 6.42 Å². The summed E-state index contributed by atoms with van der Waals surface area (Å²) in [5, 5.41) is 11.0. The van der Waals surface area contributed by atoms with E-state index >= 15 is 0 Å². The number of rotatable bonds is 2. The summed E-state index contributed by atoms with van der Waals surface area (Å²) < 4.78 is 13.8. The number of aliphatic hydroxyl groups is 1. The van der Waals surface area contributed by atoms with Crippen molar-refractivity contribution >= 4 is 23.4 Å². The van der Waals surface area contributed by atoms with E-state index < -0.39 is 5.60 Å². The van der Waals surface area contributed by atoms with Crippen LogP contribution in [0.1, 0.15) is 25.8 Å². The first kappa shape index (κ1) is 14.2. The Morgan fingerprint density at radius 2 is 2.11 bits per heavy atom. The van der Waals surface area contributed by atoms with Gasteiger partial charge in [-0.15, -0.1) is 0 Å². The van der Waals surface area contributed by atoms with E-state index in [0.717, 1.165) is 5.75 Å². The number of benzene rings is 1. The Morgan fingerprint density at radius 1 is 1.39 bits per heavy atom. The molecule has 0 aliphatic carbocycles. The number of halogens is 2. The Hall–Kier alpha value is -0.250. The van der Waals surface area contributed by atoms with Gasteiger partial charge < -0.3 is 5.11 Å². The van der Waals surface area contributed by atoms with Gasteiger partial charge in [0.05, 0.1) is 5.60 Å². The molecule has 0 saturated carbocycles. The van der Waals surface area contributed by atoms with Crippen molar-refractivity contribution in [3.8, 4) is 0 Å². The molecule has 1 nitrogen and oxygen atoms in total. The van der Waals surface area contributed by atoms with E-state index in [-0.39, 0.29) is 11.2 Å². The van der Waals surface area contributed by atoms with Gasteiger partial charge >= 0.3 is 0 Å². The summed E-state index contributed by atoms with van der Waals surface area (Å²) in [7, 11) is 0. The zero-order chi connectivity index (χ0) is 13.4. The second-order valence-electron chi connectivity index (χ2n) is 5.97. The highest BCUT2D eigenvalue weighted by Gasteiger charge is 2.39. The van der Waals surface area contributed by atoms with Crippen molar-refractivity contribution in [2.75, 3.05) is 11.5 Å². The largest absolute Gasteiger partial charge is 0.389 e. The smallest absolute Gasteiger partial charge is 0.127 e. The van der Waals surface area contributed by atoms with Crippen molar-refractivity contribution in [1.82, 2.24) is 0 Å². The van der Waals surface area contributed by atoms with Crippen molar-refractivity contribution in [2.45, 2.75) is 32.3 Å². The molecule has 1 saturated heterocycles. The van der Waals surface area contributed by atoms with Crippen LogP contribution in [0.5, 0.6) is 0 Å². The SMILES string of the molecule is CC1(C)CSCC(O)(Cc2ccc(Cl)cc2F)C1. The lowest BCUT2D eigenvalue weighted by Crippen LogP contribution is -2.44. The molecule has 0 radical (unpaired) electrons. The average Bonchev–Trinajstić information content (AvgIpc) is 2.20. The molecule has 0 amide bonds. The van der Waals surface area contributed by atoms with Gasteiger partial charge in [-0.05, 0) is 35.3 Å². The second kappa shape index (κ2) is 5.03. The molecule has 100 valence electrons. The molecule has 1 unspecified atom stereocenters. The third-order valence-corrected chi connectivity index (χ3v) is 5.17. The first-order valence-electron chi connectivity index (χ1n) is 6.04. The van der Waals surface area contributed by atoms with Gasteiger partial charge in [-0.25, -0.2) is 4.39 Å². The molecule has 0 spiro atoms. The van der Waals surface area contributed by atoms with Gasteiger partial charge in [-0.2, -0.15) is 11.8 Å². The summed E-state index contributed by atoms with van der Waals surface area (Å²) in [5.74, 6) is 1.38. The van der Waals surface area contributed by atoms with Crippen molar-refractivity contribution in [3.63, 3.8) is 0 Å². The van der Waals surface area contributed by atoms with Crippen molar-refractivity contribution in [2.24, 2.45) is 5.41 Å². The van der Waals surface area contributed by atoms with E-state index in [2.05, 4.69) is 13.8 Å². The predicted molar refractivity (Wildman–Crippen MR) is 75.8 cm³/mol. The number of thioether (sulfide) groups is 1. The maximum absolute atomic E-state index is 13.8. The minimum Gasteiger partial charge on any atom is -0.389 e. The lowest BCUT2D eigenvalue weighted by Gasteiger charge is -2.41. The topological polar surface area (TPSA) is 20.2 Å². The summed E-state index contributed by atoms with van der Waals surface area (Å²) >= 11 is 7.47. The molecule has 1 atom stereocenters. The van der Waals surface area contributed by atoms with Crippen LogP contribution in [0.2, 0.25) is 5.02 Å². The van der Waals surface area contributed by atoms with E-state index in [9.17, 15) is 9.50 Å². The first-order chi connectivity index (χ1) is 8.30. The van der Waals surface area contributed by atoms with Gasteiger partial charge in [0.1, 0.15) is 5.82 Å². The summed E-state index contributed by atoms with van der Waals surface area (Å²) in [6, 6.07) is 4.65. The monoisotopic (exact) mass is 288 g/mol. The van der Waals surface area contributed by atoms with Crippen molar-refractivity contribution < 1.29 is 9.50 Å². The minimum atomic E-state index is -0.818. The third-order valence-electron chi connectivity index (χ3n) is 3.21. The van der Waals surface area contributed by atoms with Crippen LogP contribution in [-0.4, -0.2) is 22.2 Å². The Balaban J connectivity index is 2.17. The van der Waals surface area contributed by atoms with Gasteiger partial charge in [0.25, 0.3) is 0 Å². The Kier molecular flexibility index (Phi) is 3.96. The van der Waals surface area contributed by atoms with E-state index in [0.29, 0.717) is 29.2 Å². The van der Waals surface area contributed by atoms with Crippen LogP contribution in [0.25, 0.3) is 0 Å². The molecule has 2 rings (SSSR count). The van der Waals surface area contributed by atoms with Gasteiger partial charge in [0, 0.05) is 17.2 Å². The summed E-state index contributed by atoms with van der Waals surface area (Å²) in [6.07, 6.45) is 1.06. The van der Waals surface area contributed by atoms with E-state index in [1.165, 1.54) is 6.07 Å². The van der Waals surface area contributed by atoms with Crippen molar-refractivity contribution in [3.05, 3.63) is 34.6 Å². The van der Waals surface area contributed by atoms with Crippen LogP contribution in [0.4, 0.5) is 4.39 Å². The zero-order valence-electron chi connectivity index (χ0n) is 10.7. The van der Waals surface area contributed by atoms with Crippen LogP contribution in [0.3, 0.4) is 0 Å². The summed E-state index contributed by atoms with van der Waals surface area (Å²) in [6.45, 7) is 4.28. The molecule has 1 aromatic carbocycles. The van der Waals surface area contributed by atoms with Crippen LogP contribution in [0, 0.1) is 11.2 Å². The Labute approximate surface area is 117 Å². The second-order valence-corrected chi connectivity index (χ2v) is 7.39. The molecule has 1 N–H and O–H groups in total. The zero-order valence-corrected chi connectivity index (χ0v) is 12.2. The van der Waals surface area contributed by atoms with Gasteiger partial charge in [-0.3, -0.25) is 0 Å². The Morgan fingerprint density at radius 3 is 2.72 bits per heavy atom. The minimum absolute atomic E-state index is 0.0978. The van der Waals surface area contributed by atoms with E-state index in [1.807, 2.05) is 0 Å². The van der Waals surface area contributed by atoms with E-state index in [4.69, 9.17) is 11.6 Å². The fourth-order valence-electron chi connectivity index (χ4n) is 2.64. The quantitative estimate of drug-likeness (QED) is 0.890. The third kappa shape index (κ3) is 3.40. The van der Waals surface area contributed by atoms with Gasteiger partial charge in [0.15, 0.2) is 0 Å². The highest BCUT2D eigenvalue weighted by Crippen LogP contribution is 2.40. The predicted octanol–water partition coefficient (Wildman–Crippen LogP) is 3.92. The molecule has 18 heavy (non-hydrogen) atoms. The highest BCUT2D eigenvalue weighted by molar-refractivity contribution is 7.99. The maximum atomic E-state index is 13.8. The summed E-state index contributed by atoms with van der Waals surface area (Å²) in [4.78, 5) is 0. The normalized spacial score (nSPS) is 27.2. The first-order valence-corrected chi connectivity index (χ1v) is 7.57. The molecule has 1 aromatic rings. The molecular formula is C14H18ClFOS. The molecule has 0 bridgehead atoms. The fraction of sp³-hybridized carbons (Fsp3) is 0.571. The number of hydrogen-bond acceptors (Lipinski definition) is 2. The average molecular weight is 289 g/mol. The number of hydrogen-bond donors (Lipinski definition) is 1. The van der Waals surface area contributed by atoms with Crippen LogP contribution < -0.4 is 0 Å². The lowest BCUT2D eigenvalue weighted by molar-refractivity contribution is 0.0193. The standard InChI is InChI=1S/C14H18ClFOS/c1-13(2)7-14(17,9-18-8-13)6-10-3-4-11(15)5-12(10)16/h3-5,17H,6-9H2,1-2H3. The van der Waals surface area contributed by atoms with Crippen LogP contribution >= 0.6 is 23.4 Å². The molecule has 4 heteroatoms. The van der Waals surface area contributed by atoms with Gasteiger partial charge in [0.2, 0.25) is 0 Å². The molecule has 1 fully saturated rings.